The maximum absolute atomic E-state index is 11.0. The lowest BCUT2D eigenvalue weighted by Crippen LogP contribution is -2.10. The summed E-state index contributed by atoms with van der Waals surface area (Å²) in [4.78, 5) is 19.0. The van der Waals surface area contributed by atoms with E-state index in [0.717, 1.165) is 0 Å². The number of primary amides is 1. The lowest BCUT2D eigenvalue weighted by molar-refractivity contribution is 0.0996. The molecule has 1 amide bonds. The standard InChI is InChI=1S/C9H10N4O3/c1-15-6-3-7(16-2)13-4-5(8(10)14)11-9(13)12-6/h3-4H,1-2H3,(H2,10,14). The van der Waals surface area contributed by atoms with Crippen LogP contribution in [0.2, 0.25) is 0 Å². The average molecular weight is 222 g/mol. The van der Waals surface area contributed by atoms with Crippen molar-refractivity contribution >= 4 is 11.7 Å². The van der Waals surface area contributed by atoms with Gasteiger partial charge in [0, 0.05) is 6.20 Å². The topological polar surface area (TPSA) is 91.7 Å². The number of aromatic nitrogens is 3. The van der Waals surface area contributed by atoms with E-state index in [1.54, 1.807) is 6.07 Å². The van der Waals surface area contributed by atoms with Gasteiger partial charge < -0.3 is 15.2 Å². The molecule has 0 radical (unpaired) electrons. The Morgan fingerprint density at radius 2 is 2.12 bits per heavy atom. The molecular weight excluding hydrogens is 212 g/mol. The molecule has 0 aliphatic carbocycles. The summed E-state index contributed by atoms with van der Waals surface area (Å²) in [6.45, 7) is 0. The first kappa shape index (κ1) is 10.2. The lowest BCUT2D eigenvalue weighted by Gasteiger charge is -2.04. The summed E-state index contributed by atoms with van der Waals surface area (Å²) >= 11 is 0. The van der Waals surface area contributed by atoms with Crippen molar-refractivity contribution in [2.75, 3.05) is 14.2 Å². The van der Waals surface area contributed by atoms with Gasteiger partial charge in [0.05, 0.1) is 20.3 Å². The Hall–Kier alpha value is -2.31. The molecular formula is C9H10N4O3. The van der Waals surface area contributed by atoms with E-state index in [4.69, 9.17) is 15.2 Å². The molecule has 2 heterocycles. The molecule has 84 valence electrons. The second kappa shape index (κ2) is 3.69. The van der Waals surface area contributed by atoms with E-state index < -0.39 is 5.91 Å². The fraction of sp³-hybridized carbons (Fsp3) is 0.222. The maximum Gasteiger partial charge on any atom is 0.268 e. The van der Waals surface area contributed by atoms with Gasteiger partial charge in [-0.05, 0) is 0 Å². The molecule has 0 bridgehead atoms. The molecule has 0 fully saturated rings. The van der Waals surface area contributed by atoms with Crippen LogP contribution in [-0.4, -0.2) is 34.5 Å². The maximum atomic E-state index is 11.0. The first-order valence-electron chi connectivity index (χ1n) is 4.43. The minimum atomic E-state index is -0.619. The number of rotatable bonds is 3. The highest BCUT2D eigenvalue weighted by atomic mass is 16.5. The van der Waals surface area contributed by atoms with E-state index in [0.29, 0.717) is 17.5 Å². The molecule has 0 aliphatic rings. The van der Waals surface area contributed by atoms with Crippen molar-refractivity contribution in [3.63, 3.8) is 0 Å². The van der Waals surface area contributed by atoms with Crippen LogP contribution in [0.15, 0.2) is 12.3 Å². The van der Waals surface area contributed by atoms with Crippen molar-refractivity contribution in [2.45, 2.75) is 0 Å². The van der Waals surface area contributed by atoms with Crippen molar-refractivity contribution in [2.24, 2.45) is 5.73 Å². The molecule has 2 aromatic heterocycles. The quantitative estimate of drug-likeness (QED) is 0.779. The third kappa shape index (κ3) is 1.52. The minimum Gasteiger partial charge on any atom is -0.482 e. The van der Waals surface area contributed by atoms with Gasteiger partial charge in [-0.3, -0.25) is 9.20 Å². The number of hydrogen-bond donors (Lipinski definition) is 1. The summed E-state index contributed by atoms with van der Waals surface area (Å²) in [5.41, 5.74) is 5.25. The fourth-order valence-electron chi connectivity index (χ4n) is 1.30. The summed E-state index contributed by atoms with van der Waals surface area (Å²) in [6, 6.07) is 1.58. The van der Waals surface area contributed by atoms with Crippen molar-refractivity contribution in [1.82, 2.24) is 14.4 Å². The first-order valence-corrected chi connectivity index (χ1v) is 4.43. The van der Waals surface area contributed by atoms with Crippen LogP contribution in [0.1, 0.15) is 10.5 Å². The van der Waals surface area contributed by atoms with Crippen molar-refractivity contribution in [1.29, 1.82) is 0 Å². The number of carbonyl (C=O) groups excluding carboxylic acids is 1. The molecule has 2 N–H and O–H groups in total. The van der Waals surface area contributed by atoms with E-state index >= 15 is 0 Å². The first-order chi connectivity index (χ1) is 7.65. The summed E-state index contributed by atoms with van der Waals surface area (Å²) in [6.07, 6.45) is 1.46. The van der Waals surface area contributed by atoms with E-state index in [1.807, 2.05) is 0 Å². The molecule has 0 aliphatic heterocycles. The smallest absolute Gasteiger partial charge is 0.268 e. The van der Waals surface area contributed by atoms with Gasteiger partial charge in [-0.15, -0.1) is 0 Å². The molecule has 2 rings (SSSR count). The number of imidazole rings is 1. The highest BCUT2D eigenvalue weighted by Gasteiger charge is 2.12. The second-order valence-electron chi connectivity index (χ2n) is 3.00. The molecule has 7 heteroatoms. The Bertz CT molecular complexity index is 549. The number of ether oxygens (including phenoxy) is 2. The van der Waals surface area contributed by atoms with Crippen molar-refractivity contribution < 1.29 is 14.3 Å². The molecule has 0 atom stereocenters. The van der Waals surface area contributed by atoms with E-state index in [1.165, 1.54) is 24.8 Å². The molecule has 16 heavy (non-hydrogen) atoms. The van der Waals surface area contributed by atoms with E-state index in [9.17, 15) is 4.79 Å². The van der Waals surface area contributed by atoms with Gasteiger partial charge in [-0.25, -0.2) is 4.98 Å². The van der Waals surface area contributed by atoms with Gasteiger partial charge in [0.2, 0.25) is 17.5 Å². The van der Waals surface area contributed by atoms with Gasteiger partial charge in [0.15, 0.2) is 0 Å². The molecule has 0 saturated carbocycles. The largest absolute Gasteiger partial charge is 0.482 e. The second-order valence-corrected chi connectivity index (χ2v) is 3.00. The van der Waals surface area contributed by atoms with E-state index in [-0.39, 0.29) is 5.69 Å². The normalized spacial score (nSPS) is 10.4. The number of fused-ring (bicyclic) bond motifs is 1. The number of nitrogens with zero attached hydrogens (tertiary/aromatic N) is 3. The number of hydrogen-bond acceptors (Lipinski definition) is 5. The lowest BCUT2D eigenvalue weighted by atomic mass is 10.5. The van der Waals surface area contributed by atoms with Crippen LogP contribution >= 0.6 is 0 Å². The Kier molecular flexibility index (Phi) is 2.35. The third-order valence-electron chi connectivity index (χ3n) is 2.05. The Morgan fingerprint density at radius 3 is 2.69 bits per heavy atom. The monoisotopic (exact) mass is 222 g/mol. The average Bonchev–Trinajstić information content (AvgIpc) is 2.71. The van der Waals surface area contributed by atoms with Crippen molar-refractivity contribution in [3.8, 4) is 11.8 Å². The number of nitrogens with two attached hydrogens (primary N) is 1. The zero-order chi connectivity index (χ0) is 11.7. The summed E-state index contributed by atoms with van der Waals surface area (Å²) in [5.74, 6) is 0.490. The van der Waals surface area contributed by atoms with Crippen LogP contribution in [0.25, 0.3) is 5.78 Å². The predicted octanol–water partition coefficient (Wildman–Crippen LogP) is -0.155. The van der Waals surface area contributed by atoms with Crippen LogP contribution in [-0.2, 0) is 0 Å². The molecule has 0 unspecified atom stereocenters. The fourth-order valence-corrected chi connectivity index (χ4v) is 1.30. The predicted molar refractivity (Wildman–Crippen MR) is 54.6 cm³/mol. The summed E-state index contributed by atoms with van der Waals surface area (Å²) in [7, 11) is 2.98. The Morgan fingerprint density at radius 1 is 1.38 bits per heavy atom. The Balaban J connectivity index is 2.69. The van der Waals surface area contributed by atoms with Crippen LogP contribution in [0, 0.1) is 0 Å². The highest BCUT2D eigenvalue weighted by molar-refractivity contribution is 5.91. The van der Waals surface area contributed by atoms with Crippen LogP contribution < -0.4 is 15.2 Å². The third-order valence-corrected chi connectivity index (χ3v) is 2.05. The van der Waals surface area contributed by atoms with Gasteiger partial charge in [0.1, 0.15) is 5.69 Å². The molecule has 0 spiro atoms. The van der Waals surface area contributed by atoms with Gasteiger partial charge >= 0.3 is 0 Å². The van der Waals surface area contributed by atoms with Crippen molar-refractivity contribution in [3.05, 3.63) is 18.0 Å². The zero-order valence-electron chi connectivity index (χ0n) is 8.80. The number of amides is 1. The highest BCUT2D eigenvalue weighted by Crippen LogP contribution is 2.19. The van der Waals surface area contributed by atoms with Gasteiger partial charge in [-0.2, -0.15) is 4.98 Å². The summed E-state index contributed by atoms with van der Waals surface area (Å²) in [5, 5.41) is 0. The molecule has 2 aromatic rings. The van der Waals surface area contributed by atoms with Gasteiger partial charge in [0.25, 0.3) is 5.91 Å². The molecule has 0 saturated heterocycles. The summed E-state index contributed by atoms with van der Waals surface area (Å²) < 4.78 is 11.6. The SMILES string of the molecule is COc1cc(OC)n2cc(C(N)=O)nc2n1. The number of carbonyl (C=O) groups is 1. The molecule has 0 aromatic carbocycles. The number of methoxy groups -OCH3 is 2. The zero-order valence-corrected chi connectivity index (χ0v) is 8.80. The van der Waals surface area contributed by atoms with Crippen LogP contribution in [0.5, 0.6) is 11.8 Å². The molecule has 7 nitrogen and oxygen atoms in total. The van der Waals surface area contributed by atoms with Gasteiger partial charge in [-0.1, -0.05) is 0 Å². The van der Waals surface area contributed by atoms with Crippen LogP contribution in [0.3, 0.4) is 0 Å². The van der Waals surface area contributed by atoms with Crippen LogP contribution in [0.4, 0.5) is 0 Å². The Labute approximate surface area is 90.8 Å². The minimum absolute atomic E-state index is 0.124. The van der Waals surface area contributed by atoms with E-state index in [2.05, 4.69) is 9.97 Å².